The Bertz CT molecular complexity index is 418. The van der Waals surface area contributed by atoms with Gasteiger partial charge in [-0.2, -0.15) is 0 Å². The zero-order valence-electron chi connectivity index (χ0n) is 15.9. The Balaban J connectivity index is 0.000000463. The zero-order valence-corrected chi connectivity index (χ0v) is 16.6. The van der Waals surface area contributed by atoms with Crippen LogP contribution in [0.4, 0.5) is 5.69 Å². The predicted octanol–water partition coefficient (Wildman–Crippen LogP) is 7.33. The van der Waals surface area contributed by atoms with Crippen molar-refractivity contribution in [1.29, 1.82) is 0 Å². The number of nitrogens with zero attached hydrogens (tertiary/aromatic N) is 1. The van der Waals surface area contributed by atoms with E-state index in [1.165, 1.54) is 57.2 Å². The smallest absolute Gasteiger partial charge is 0.0407 e. The van der Waals surface area contributed by atoms with Crippen molar-refractivity contribution in [3.63, 3.8) is 0 Å². The maximum absolute atomic E-state index is 5.99. The van der Waals surface area contributed by atoms with Crippen molar-refractivity contribution in [2.24, 2.45) is 5.92 Å². The summed E-state index contributed by atoms with van der Waals surface area (Å²) in [6, 6.07) is 8.37. The van der Waals surface area contributed by atoms with Gasteiger partial charge in [-0.1, -0.05) is 65.5 Å². The minimum atomic E-state index is 0.400. The van der Waals surface area contributed by atoms with Crippen LogP contribution >= 0.6 is 11.6 Å². The first-order valence-corrected chi connectivity index (χ1v) is 9.90. The van der Waals surface area contributed by atoms with Crippen molar-refractivity contribution < 1.29 is 0 Å². The van der Waals surface area contributed by atoms with Gasteiger partial charge in [-0.15, -0.1) is 0 Å². The molecular formula is C21H36ClN. The fourth-order valence-corrected chi connectivity index (χ4v) is 3.66. The standard InChI is InChI=1S/C16H24ClN.C5H12/c1-3-10-16(11-4-2)12-5-13-18(16)15-8-6-14(17)7-9-15;1-4-5(2)3/h6-9H,3-5,10-13H2,1-2H3;5H,4H2,1-3H3. The van der Waals surface area contributed by atoms with Gasteiger partial charge in [-0.05, 0) is 55.9 Å². The average molecular weight is 338 g/mol. The molecule has 1 nitrogen and oxygen atoms in total. The maximum atomic E-state index is 5.99. The molecule has 0 spiro atoms. The van der Waals surface area contributed by atoms with Crippen LogP contribution in [-0.4, -0.2) is 12.1 Å². The Morgan fingerprint density at radius 3 is 2.00 bits per heavy atom. The zero-order chi connectivity index (χ0) is 17.3. The molecule has 0 aliphatic carbocycles. The van der Waals surface area contributed by atoms with Gasteiger partial charge in [0, 0.05) is 22.8 Å². The minimum absolute atomic E-state index is 0.400. The molecule has 1 aromatic rings. The summed E-state index contributed by atoms with van der Waals surface area (Å²) in [6.45, 7) is 12.4. The van der Waals surface area contributed by atoms with Crippen molar-refractivity contribution in [2.45, 2.75) is 85.1 Å². The molecule has 0 aromatic heterocycles. The van der Waals surface area contributed by atoms with Gasteiger partial charge in [0.25, 0.3) is 0 Å². The SMILES string of the molecule is CCC(C)C.CCCC1(CCC)CCCN1c1ccc(Cl)cc1. The van der Waals surface area contributed by atoms with Crippen molar-refractivity contribution in [3.8, 4) is 0 Å². The number of hydrogen-bond donors (Lipinski definition) is 0. The van der Waals surface area contributed by atoms with Crippen LogP contribution in [0.5, 0.6) is 0 Å². The topological polar surface area (TPSA) is 3.24 Å². The highest BCUT2D eigenvalue weighted by Gasteiger charge is 2.39. The molecule has 0 atom stereocenters. The summed E-state index contributed by atoms with van der Waals surface area (Å²) in [4.78, 5) is 2.64. The highest BCUT2D eigenvalue weighted by Crippen LogP contribution is 2.40. The molecule has 1 aliphatic rings. The fraction of sp³-hybridized carbons (Fsp3) is 0.714. The van der Waals surface area contributed by atoms with Crippen molar-refractivity contribution >= 4 is 17.3 Å². The lowest BCUT2D eigenvalue weighted by molar-refractivity contribution is 0.358. The fourth-order valence-electron chi connectivity index (χ4n) is 3.54. The minimum Gasteiger partial charge on any atom is -0.366 e. The van der Waals surface area contributed by atoms with Crippen LogP contribution in [0.2, 0.25) is 5.02 Å². The average Bonchev–Trinajstić information content (AvgIpc) is 2.93. The third-order valence-corrected chi connectivity index (χ3v) is 5.23. The van der Waals surface area contributed by atoms with E-state index in [4.69, 9.17) is 11.6 Å². The molecule has 23 heavy (non-hydrogen) atoms. The Kier molecular flexibility index (Phi) is 9.06. The molecule has 0 unspecified atom stereocenters. The van der Waals surface area contributed by atoms with Crippen LogP contribution in [0.3, 0.4) is 0 Å². The Labute approximate surface area is 149 Å². The van der Waals surface area contributed by atoms with E-state index in [9.17, 15) is 0 Å². The Hall–Kier alpha value is -0.690. The van der Waals surface area contributed by atoms with E-state index in [-0.39, 0.29) is 0 Å². The molecule has 0 N–H and O–H groups in total. The number of hydrogen-bond acceptors (Lipinski definition) is 1. The lowest BCUT2D eigenvalue weighted by atomic mass is 9.85. The Morgan fingerprint density at radius 1 is 1.04 bits per heavy atom. The number of rotatable bonds is 6. The van der Waals surface area contributed by atoms with Gasteiger partial charge in [-0.3, -0.25) is 0 Å². The lowest BCUT2D eigenvalue weighted by Gasteiger charge is -2.40. The molecular weight excluding hydrogens is 302 g/mol. The van der Waals surface area contributed by atoms with Crippen LogP contribution in [0.1, 0.15) is 79.6 Å². The normalized spacial score (nSPS) is 16.4. The first-order chi connectivity index (χ1) is 11.0. The summed E-state index contributed by atoms with van der Waals surface area (Å²) in [5, 5.41) is 0.828. The van der Waals surface area contributed by atoms with E-state index in [0.29, 0.717) is 5.54 Å². The highest BCUT2D eigenvalue weighted by molar-refractivity contribution is 6.30. The van der Waals surface area contributed by atoms with Gasteiger partial charge < -0.3 is 4.90 Å². The van der Waals surface area contributed by atoms with Gasteiger partial charge in [0.2, 0.25) is 0 Å². The van der Waals surface area contributed by atoms with Gasteiger partial charge in [0.1, 0.15) is 0 Å². The summed E-state index contributed by atoms with van der Waals surface area (Å²) in [7, 11) is 0. The second-order valence-corrected chi connectivity index (χ2v) is 7.69. The van der Waals surface area contributed by atoms with Gasteiger partial charge in [0.05, 0.1) is 0 Å². The molecule has 1 aromatic carbocycles. The number of benzene rings is 1. The molecule has 0 bridgehead atoms. The summed E-state index contributed by atoms with van der Waals surface area (Å²) < 4.78 is 0. The largest absolute Gasteiger partial charge is 0.366 e. The lowest BCUT2D eigenvalue weighted by Crippen LogP contribution is -2.43. The third kappa shape index (κ3) is 6.03. The molecule has 1 fully saturated rings. The quantitative estimate of drug-likeness (QED) is 0.525. The predicted molar refractivity (Wildman–Crippen MR) is 106 cm³/mol. The van der Waals surface area contributed by atoms with Gasteiger partial charge in [0.15, 0.2) is 0 Å². The second-order valence-electron chi connectivity index (χ2n) is 7.26. The van der Waals surface area contributed by atoms with Crippen molar-refractivity contribution in [2.75, 3.05) is 11.4 Å². The molecule has 0 amide bonds. The van der Waals surface area contributed by atoms with Crippen LogP contribution < -0.4 is 4.90 Å². The first-order valence-electron chi connectivity index (χ1n) is 9.52. The van der Waals surface area contributed by atoms with Crippen molar-refractivity contribution in [3.05, 3.63) is 29.3 Å². The molecule has 2 heteroatoms. The maximum Gasteiger partial charge on any atom is 0.0407 e. The summed E-state index contributed by atoms with van der Waals surface area (Å²) in [5.41, 5.74) is 1.75. The van der Waals surface area contributed by atoms with E-state index < -0.39 is 0 Å². The molecule has 1 saturated heterocycles. The van der Waals surface area contributed by atoms with E-state index in [1.807, 2.05) is 12.1 Å². The van der Waals surface area contributed by atoms with Crippen LogP contribution in [0.15, 0.2) is 24.3 Å². The molecule has 0 saturated carbocycles. The first kappa shape index (κ1) is 20.4. The van der Waals surface area contributed by atoms with Crippen molar-refractivity contribution in [1.82, 2.24) is 0 Å². The highest BCUT2D eigenvalue weighted by atomic mass is 35.5. The summed E-state index contributed by atoms with van der Waals surface area (Å²) >= 11 is 5.99. The van der Waals surface area contributed by atoms with Gasteiger partial charge in [-0.25, -0.2) is 0 Å². The third-order valence-electron chi connectivity index (χ3n) is 4.98. The molecule has 2 rings (SSSR count). The summed E-state index contributed by atoms with van der Waals surface area (Å²) in [5.74, 6) is 0.884. The number of anilines is 1. The molecule has 1 aliphatic heterocycles. The van der Waals surface area contributed by atoms with Crippen LogP contribution in [-0.2, 0) is 0 Å². The van der Waals surface area contributed by atoms with E-state index in [1.54, 1.807) is 0 Å². The summed E-state index contributed by atoms with van der Waals surface area (Å²) in [6.07, 6.45) is 9.13. The number of halogens is 1. The van der Waals surface area contributed by atoms with E-state index >= 15 is 0 Å². The second kappa shape index (κ2) is 10.2. The van der Waals surface area contributed by atoms with Crippen LogP contribution in [0.25, 0.3) is 0 Å². The molecule has 0 radical (unpaired) electrons. The van der Waals surface area contributed by atoms with Crippen LogP contribution in [0, 0.1) is 5.92 Å². The molecule has 1 heterocycles. The Morgan fingerprint density at radius 2 is 1.57 bits per heavy atom. The molecule has 132 valence electrons. The van der Waals surface area contributed by atoms with E-state index in [2.05, 4.69) is 51.7 Å². The van der Waals surface area contributed by atoms with E-state index in [0.717, 1.165) is 10.9 Å². The monoisotopic (exact) mass is 337 g/mol. The van der Waals surface area contributed by atoms with Gasteiger partial charge >= 0.3 is 0 Å².